The summed E-state index contributed by atoms with van der Waals surface area (Å²) >= 11 is 0. The summed E-state index contributed by atoms with van der Waals surface area (Å²) < 4.78 is 44.4. The maximum absolute atomic E-state index is 13.0. The van der Waals surface area contributed by atoms with Crippen LogP contribution in [0.5, 0.6) is 0 Å². The van der Waals surface area contributed by atoms with Gasteiger partial charge in [-0.15, -0.1) is 0 Å². The van der Waals surface area contributed by atoms with Crippen molar-refractivity contribution < 1.29 is 27.5 Å². The van der Waals surface area contributed by atoms with Gasteiger partial charge in [-0.2, -0.15) is 13.2 Å². The summed E-state index contributed by atoms with van der Waals surface area (Å²) in [4.78, 5) is 30.8. The van der Waals surface area contributed by atoms with Gasteiger partial charge < -0.3 is 9.64 Å². The molecule has 2 saturated heterocycles. The summed E-state index contributed by atoms with van der Waals surface area (Å²) in [5, 5.41) is 0. The van der Waals surface area contributed by atoms with Gasteiger partial charge in [-0.25, -0.2) is 4.79 Å². The summed E-state index contributed by atoms with van der Waals surface area (Å²) in [5.41, 5.74) is -0.157. The van der Waals surface area contributed by atoms with Crippen LogP contribution in [-0.2, 0) is 17.5 Å². The Hall–Kier alpha value is -2.90. The Balaban J connectivity index is 1.44. The lowest BCUT2D eigenvalue weighted by Crippen LogP contribution is -2.55. The van der Waals surface area contributed by atoms with E-state index in [1.165, 1.54) is 6.07 Å². The first-order valence-electron chi connectivity index (χ1n) is 10.4. The molecule has 31 heavy (non-hydrogen) atoms. The van der Waals surface area contributed by atoms with Crippen LogP contribution in [0.15, 0.2) is 48.7 Å². The van der Waals surface area contributed by atoms with Crippen molar-refractivity contribution in [3.8, 4) is 0 Å². The fourth-order valence-electron chi connectivity index (χ4n) is 4.66. The fourth-order valence-corrected chi connectivity index (χ4v) is 4.66. The van der Waals surface area contributed by atoms with Gasteiger partial charge in [-0.05, 0) is 49.8 Å². The number of piperidine rings is 2. The normalized spacial score (nSPS) is 23.3. The number of hydrogen-bond donors (Lipinski definition) is 0. The molecule has 164 valence electrons. The number of halogens is 3. The van der Waals surface area contributed by atoms with Crippen LogP contribution in [0.25, 0.3) is 0 Å². The predicted molar refractivity (Wildman–Crippen MR) is 106 cm³/mol. The van der Waals surface area contributed by atoms with Crippen LogP contribution in [0, 0.1) is 5.92 Å². The van der Waals surface area contributed by atoms with Crippen LogP contribution in [0.4, 0.5) is 18.0 Å². The Morgan fingerprint density at radius 1 is 1.06 bits per heavy atom. The number of alkyl halides is 3. The van der Waals surface area contributed by atoms with Crippen LogP contribution >= 0.6 is 0 Å². The number of hydrogen-bond acceptors (Lipinski definition) is 4. The van der Waals surface area contributed by atoms with Crippen molar-refractivity contribution in [3.05, 3.63) is 65.5 Å². The number of carbonyl (C=O) groups is 2. The molecule has 2 aliphatic rings. The van der Waals surface area contributed by atoms with E-state index in [2.05, 4.69) is 4.98 Å². The molecule has 5 nitrogen and oxygen atoms in total. The zero-order valence-corrected chi connectivity index (χ0v) is 16.8. The van der Waals surface area contributed by atoms with E-state index in [0.29, 0.717) is 12.8 Å². The summed E-state index contributed by atoms with van der Waals surface area (Å²) in [6.07, 6.45) is -0.653. The van der Waals surface area contributed by atoms with Crippen LogP contribution in [-0.4, -0.2) is 33.8 Å². The van der Waals surface area contributed by atoms with Gasteiger partial charge in [0.2, 0.25) is 0 Å². The lowest BCUT2D eigenvalue weighted by molar-refractivity contribution is -0.141. The Bertz CT molecular complexity index is 935. The highest BCUT2D eigenvalue weighted by atomic mass is 19.4. The summed E-state index contributed by atoms with van der Waals surface area (Å²) in [6, 6.07) is 11.2. The number of fused-ring (bicyclic) bond motifs is 2. The number of pyridine rings is 1. The van der Waals surface area contributed by atoms with Gasteiger partial charge in [0.1, 0.15) is 12.3 Å². The Kier molecular flexibility index (Phi) is 5.98. The highest BCUT2D eigenvalue weighted by Gasteiger charge is 2.44. The monoisotopic (exact) mass is 432 g/mol. The van der Waals surface area contributed by atoms with E-state index >= 15 is 0 Å². The standard InChI is InChI=1S/C23H23F3N2O3/c24-23(25,26)20-13-16(9-10-27-20)21(29)17-11-18-7-4-8-19(12-17)28(18)22(30)31-14-15-5-2-1-3-6-15/h1-3,5-6,9-10,13,17-19H,4,7-8,11-12,14H2. The summed E-state index contributed by atoms with van der Waals surface area (Å²) in [5.74, 6) is -0.737. The van der Waals surface area contributed by atoms with Crippen molar-refractivity contribution >= 4 is 11.9 Å². The topological polar surface area (TPSA) is 59.5 Å². The van der Waals surface area contributed by atoms with Crippen molar-refractivity contribution in [2.45, 2.75) is 57.0 Å². The molecule has 3 heterocycles. The van der Waals surface area contributed by atoms with Crippen molar-refractivity contribution in [2.24, 2.45) is 5.92 Å². The third kappa shape index (κ3) is 4.73. The highest BCUT2D eigenvalue weighted by molar-refractivity contribution is 5.98. The SMILES string of the molecule is O=C(c1ccnc(C(F)(F)F)c1)C1CC2CCCC(C1)N2C(=O)OCc1ccccc1. The maximum Gasteiger partial charge on any atom is 0.433 e. The number of ether oxygens (including phenoxy) is 1. The zero-order valence-electron chi connectivity index (χ0n) is 16.8. The molecule has 0 N–H and O–H groups in total. The van der Waals surface area contributed by atoms with Gasteiger partial charge >= 0.3 is 12.3 Å². The minimum Gasteiger partial charge on any atom is -0.445 e. The second-order valence-corrected chi connectivity index (χ2v) is 8.15. The Morgan fingerprint density at radius 2 is 1.74 bits per heavy atom. The quantitative estimate of drug-likeness (QED) is 0.619. The van der Waals surface area contributed by atoms with Gasteiger partial charge in [0, 0.05) is 29.8 Å². The Labute approximate surface area is 178 Å². The fraction of sp³-hybridized carbons (Fsp3) is 0.435. The van der Waals surface area contributed by atoms with E-state index in [1.807, 2.05) is 30.3 Å². The second kappa shape index (κ2) is 8.69. The number of rotatable bonds is 4. The second-order valence-electron chi connectivity index (χ2n) is 8.15. The maximum atomic E-state index is 13.0. The molecule has 2 aliphatic heterocycles. The molecule has 1 amide bonds. The minimum atomic E-state index is -4.60. The van der Waals surface area contributed by atoms with Crippen molar-refractivity contribution in [3.63, 3.8) is 0 Å². The molecule has 2 bridgehead atoms. The predicted octanol–water partition coefficient (Wildman–Crippen LogP) is 5.25. The molecule has 0 radical (unpaired) electrons. The molecule has 4 rings (SSSR count). The van der Waals surface area contributed by atoms with Crippen LogP contribution < -0.4 is 0 Å². The summed E-state index contributed by atoms with van der Waals surface area (Å²) in [7, 11) is 0. The third-order valence-electron chi connectivity index (χ3n) is 6.10. The molecule has 2 atom stereocenters. The van der Waals surface area contributed by atoms with E-state index < -0.39 is 23.9 Å². The smallest absolute Gasteiger partial charge is 0.433 e. The molecule has 2 aromatic rings. The van der Waals surface area contributed by atoms with Gasteiger partial charge in [-0.3, -0.25) is 9.78 Å². The first-order valence-corrected chi connectivity index (χ1v) is 10.4. The molecular weight excluding hydrogens is 409 g/mol. The van der Waals surface area contributed by atoms with Crippen LogP contribution in [0.2, 0.25) is 0 Å². The number of Topliss-reactive ketones (excluding diaryl/α,β-unsaturated/α-hetero) is 1. The molecule has 0 aliphatic carbocycles. The number of benzene rings is 1. The zero-order chi connectivity index (χ0) is 22.0. The van der Waals surface area contributed by atoms with Crippen LogP contribution in [0.1, 0.15) is 53.7 Å². The van der Waals surface area contributed by atoms with E-state index in [-0.39, 0.29) is 30.0 Å². The number of carbonyl (C=O) groups excluding carboxylic acids is 2. The minimum absolute atomic E-state index is 0.0190. The first-order chi connectivity index (χ1) is 14.8. The lowest BCUT2D eigenvalue weighted by atomic mass is 9.76. The molecular formula is C23H23F3N2O3. The summed E-state index contributed by atoms with van der Waals surface area (Å²) in [6.45, 7) is 0.176. The molecule has 2 fully saturated rings. The molecule has 1 aromatic carbocycles. The van der Waals surface area contributed by atoms with Gasteiger partial charge in [-0.1, -0.05) is 30.3 Å². The average Bonchev–Trinajstić information content (AvgIpc) is 2.76. The molecule has 0 spiro atoms. The van der Waals surface area contributed by atoms with Crippen molar-refractivity contribution in [1.82, 2.24) is 9.88 Å². The van der Waals surface area contributed by atoms with E-state index in [0.717, 1.165) is 37.1 Å². The van der Waals surface area contributed by atoms with Gasteiger partial charge in [0.25, 0.3) is 0 Å². The molecule has 8 heteroatoms. The number of aromatic nitrogens is 1. The average molecular weight is 432 g/mol. The van der Waals surface area contributed by atoms with E-state index in [9.17, 15) is 22.8 Å². The molecule has 2 unspecified atom stereocenters. The van der Waals surface area contributed by atoms with E-state index in [4.69, 9.17) is 4.74 Å². The highest BCUT2D eigenvalue weighted by Crippen LogP contribution is 2.39. The number of ketones is 1. The van der Waals surface area contributed by atoms with Gasteiger partial charge in [0.15, 0.2) is 5.78 Å². The van der Waals surface area contributed by atoms with Gasteiger partial charge in [0.05, 0.1) is 0 Å². The largest absolute Gasteiger partial charge is 0.445 e. The van der Waals surface area contributed by atoms with Crippen LogP contribution in [0.3, 0.4) is 0 Å². The molecule has 0 saturated carbocycles. The lowest BCUT2D eigenvalue weighted by Gasteiger charge is -2.47. The Morgan fingerprint density at radius 3 is 2.39 bits per heavy atom. The van der Waals surface area contributed by atoms with Crippen molar-refractivity contribution in [2.75, 3.05) is 0 Å². The number of amides is 1. The molecule has 1 aromatic heterocycles. The first kappa shape index (κ1) is 21.3. The third-order valence-corrected chi connectivity index (χ3v) is 6.10. The number of nitrogens with zero attached hydrogens (tertiary/aromatic N) is 2. The van der Waals surface area contributed by atoms with Crippen molar-refractivity contribution in [1.29, 1.82) is 0 Å². The van der Waals surface area contributed by atoms with E-state index in [1.54, 1.807) is 4.90 Å².